The van der Waals surface area contributed by atoms with Gasteiger partial charge < -0.3 is 16.4 Å². The van der Waals surface area contributed by atoms with Gasteiger partial charge in [-0.2, -0.15) is 0 Å². The summed E-state index contributed by atoms with van der Waals surface area (Å²) < 4.78 is 0. The van der Waals surface area contributed by atoms with Gasteiger partial charge in [-0.3, -0.25) is 0 Å². The summed E-state index contributed by atoms with van der Waals surface area (Å²) in [6, 6.07) is 7.97. The number of urea groups is 1. The highest BCUT2D eigenvalue weighted by atomic mass is 16.2. The minimum absolute atomic E-state index is 0.525. The molecule has 21 heavy (non-hydrogen) atoms. The number of nitrogens with two attached hydrogens (primary N) is 1. The summed E-state index contributed by atoms with van der Waals surface area (Å²) in [7, 11) is 0. The monoisotopic (exact) mass is 289 g/mol. The fourth-order valence-corrected chi connectivity index (χ4v) is 2.61. The van der Waals surface area contributed by atoms with Crippen molar-refractivity contribution in [2.24, 2.45) is 17.6 Å². The molecule has 0 aliphatic heterocycles. The number of carbonyl (C=O) groups excluding carboxylic acids is 1. The molecule has 1 aromatic rings. The molecule has 0 heterocycles. The maximum absolute atomic E-state index is 10.8. The lowest BCUT2D eigenvalue weighted by molar-refractivity contribution is 0.259. The zero-order valence-corrected chi connectivity index (χ0v) is 13.1. The van der Waals surface area contributed by atoms with Crippen LogP contribution in [-0.2, 0) is 6.54 Å². The van der Waals surface area contributed by atoms with Gasteiger partial charge in [-0.25, -0.2) is 4.79 Å². The second-order valence-corrected chi connectivity index (χ2v) is 6.48. The molecule has 2 amide bonds. The normalized spacial score (nSPS) is 16.0. The molecule has 4 nitrogen and oxygen atoms in total. The molecule has 4 N–H and O–H groups in total. The van der Waals surface area contributed by atoms with E-state index < -0.39 is 6.03 Å². The minimum Gasteiger partial charge on any atom is -0.351 e. The molecule has 116 valence electrons. The molecule has 1 saturated carbocycles. The van der Waals surface area contributed by atoms with Crippen LogP contribution >= 0.6 is 0 Å². The smallest absolute Gasteiger partial charge is 0.316 e. The summed E-state index contributed by atoms with van der Waals surface area (Å²) in [5.74, 6) is 1.65. The summed E-state index contributed by atoms with van der Waals surface area (Å²) in [4.78, 5) is 10.8. The largest absolute Gasteiger partial charge is 0.351 e. The quantitative estimate of drug-likeness (QED) is 0.686. The second-order valence-electron chi connectivity index (χ2n) is 6.48. The lowest BCUT2D eigenvalue weighted by atomic mass is 10.00. The molecule has 0 saturated heterocycles. The van der Waals surface area contributed by atoms with Gasteiger partial charge >= 0.3 is 6.03 Å². The summed E-state index contributed by atoms with van der Waals surface area (Å²) in [5, 5.41) is 6.28. The van der Waals surface area contributed by atoms with Crippen LogP contribution in [0.2, 0.25) is 0 Å². The predicted octanol–water partition coefficient (Wildman–Crippen LogP) is 3.48. The first-order chi connectivity index (χ1) is 10.0. The number of rotatable bonds is 8. The van der Waals surface area contributed by atoms with E-state index in [9.17, 15) is 4.79 Å². The van der Waals surface area contributed by atoms with Gasteiger partial charge in [0.1, 0.15) is 0 Å². The Kier molecular flexibility index (Phi) is 5.62. The van der Waals surface area contributed by atoms with Crippen LogP contribution in [0.4, 0.5) is 10.5 Å². The number of carbonyl (C=O) groups is 1. The van der Waals surface area contributed by atoms with Crippen LogP contribution in [0.5, 0.6) is 0 Å². The van der Waals surface area contributed by atoms with Crippen molar-refractivity contribution in [1.82, 2.24) is 5.32 Å². The Labute approximate surface area is 127 Å². The number of primary amides is 1. The number of anilines is 1. The van der Waals surface area contributed by atoms with Crippen LogP contribution in [0.25, 0.3) is 0 Å². The van der Waals surface area contributed by atoms with E-state index in [2.05, 4.69) is 24.5 Å². The zero-order valence-electron chi connectivity index (χ0n) is 13.1. The minimum atomic E-state index is -0.525. The molecule has 1 aliphatic rings. The van der Waals surface area contributed by atoms with Crippen molar-refractivity contribution in [3.05, 3.63) is 29.8 Å². The van der Waals surface area contributed by atoms with Crippen LogP contribution in [0.3, 0.4) is 0 Å². The van der Waals surface area contributed by atoms with Gasteiger partial charge in [0, 0.05) is 18.3 Å². The van der Waals surface area contributed by atoms with Crippen LogP contribution in [0.1, 0.15) is 45.1 Å². The summed E-state index contributed by atoms with van der Waals surface area (Å²) >= 11 is 0. The lowest BCUT2D eigenvalue weighted by Crippen LogP contribution is -2.31. The molecule has 0 radical (unpaired) electrons. The number of amides is 2. The first kappa shape index (κ1) is 15.8. The van der Waals surface area contributed by atoms with E-state index in [0.29, 0.717) is 6.04 Å². The third-order valence-corrected chi connectivity index (χ3v) is 4.04. The molecule has 1 unspecified atom stereocenters. The summed E-state index contributed by atoms with van der Waals surface area (Å²) in [5.41, 5.74) is 7.07. The van der Waals surface area contributed by atoms with Gasteiger partial charge in [0.2, 0.25) is 0 Å². The Hall–Kier alpha value is -1.55. The third kappa shape index (κ3) is 5.76. The Balaban J connectivity index is 1.81. The van der Waals surface area contributed by atoms with Crippen molar-refractivity contribution in [1.29, 1.82) is 0 Å². The Morgan fingerprint density at radius 1 is 1.24 bits per heavy atom. The first-order valence-electron chi connectivity index (χ1n) is 7.93. The van der Waals surface area contributed by atoms with E-state index in [1.165, 1.54) is 31.2 Å². The van der Waals surface area contributed by atoms with Gasteiger partial charge in [0.05, 0.1) is 0 Å². The van der Waals surface area contributed by atoms with E-state index in [-0.39, 0.29) is 0 Å². The second kappa shape index (κ2) is 7.46. The maximum atomic E-state index is 10.8. The van der Waals surface area contributed by atoms with Crippen LogP contribution in [0.15, 0.2) is 24.3 Å². The van der Waals surface area contributed by atoms with Crippen molar-refractivity contribution in [2.45, 2.75) is 52.1 Å². The first-order valence-corrected chi connectivity index (χ1v) is 7.93. The highest BCUT2D eigenvalue weighted by Crippen LogP contribution is 2.35. The summed E-state index contributed by atoms with van der Waals surface area (Å²) in [6.07, 6.45) is 5.30. The highest BCUT2D eigenvalue weighted by Gasteiger charge is 2.30. The number of hydrogen-bond donors (Lipinski definition) is 3. The van der Waals surface area contributed by atoms with E-state index in [4.69, 9.17) is 5.73 Å². The molecule has 1 aromatic carbocycles. The van der Waals surface area contributed by atoms with Crippen molar-refractivity contribution in [3.8, 4) is 0 Å². The molecule has 1 fully saturated rings. The van der Waals surface area contributed by atoms with Crippen molar-refractivity contribution >= 4 is 11.7 Å². The molecule has 1 aliphatic carbocycles. The maximum Gasteiger partial charge on any atom is 0.316 e. The molecule has 4 heteroatoms. The van der Waals surface area contributed by atoms with Crippen LogP contribution < -0.4 is 16.4 Å². The van der Waals surface area contributed by atoms with Crippen LogP contribution in [0, 0.1) is 11.8 Å². The average Bonchev–Trinajstić information content (AvgIpc) is 3.24. The molecular formula is C17H27N3O. The molecular weight excluding hydrogens is 262 g/mol. The Morgan fingerprint density at radius 2 is 1.90 bits per heavy atom. The number of hydrogen-bond acceptors (Lipinski definition) is 2. The molecule has 0 aromatic heterocycles. The zero-order chi connectivity index (χ0) is 15.2. The molecule has 0 spiro atoms. The molecule has 1 atom stereocenters. The highest BCUT2D eigenvalue weighted by molar-refractivity contribution is 5.87. The van der Waals surface area contributed by atoms with E-state index >= 15 is 0 Å². The molecule has 2 rings (SSSR count). The van der Waals surface area contributed by atoms with Crippen molar-refractivity contribution < 1.29 is 4.79 Å². The van der Waals surface area contributed by atoms with Crippen molar-refractivity contribution in [3.63, 3.8) is 0 Å². The van der Waals surface area contributed by atoms with Gasteiger partial charge in [-0.1, -0.05) is 26.0 Å². The van der Waals surface area contributed by atoms with E-state index in [0.717, 1.165) is 24.1 Å². The topological polar surface area (TPSA) is 67.2 Å². The van der Waals surface area contributed by atoms with Gasteiger partial charge in [0.25, 0.3) is 0 Å². The van der Waals surface area contributed by atoms with Gasteiger partial charge in [0.15, 0.2) is 0 Å². The number of nitrogens with one attached hydrogen (secondary N) is 2. The van der Waals surface area contributed by atoms with E-state index in [1.807, 2.05) is 24.3 Å². The van der Waals surface area contributed by atoms with Gasteiger partial charge in [-0.05, 0) is 55.2 Å². The van der Waals surface area contributed by atoms with Crippen LogP contribution in [-0.4, -0.2) is 12.1 Å². The van der Waals surface area contributed by atoms with Crippen molar-refractivity contribution in [2.75, 3.05) is 5.32 Å². The summed E-state index contributed by atoms with van der Waals surface area (Å²) in [6.45, 7) is 5.46. The predicted molar refractivity (Wildman–Crippen MR) is 87.1 cm³/mol. The Bertz CT molecular complexity index is 452. The molecule has 0 bridgehead atoms. The standard InChI is InChI=1S/C17H27N3O/c1-12(2)3-10-16(14-6-7-14)19-11-13-4-8-15(9-5-13)20-17(18)21/h4-5,8-9,12,14,16,19H,3,6-7,10-11H2,1-2H3,(H3,18,20,21). The fourth-order valence-electron chi connectivity index (χ4n) is 2.61. The Morgan fingerprint density at radius 3 is 2.43 bits per heavy atom. The SMILES string of the molecule is CC(C)CCC(NCc1ccc(NC(N)=O)cc1)C1CC1. The average molecular weight is 289 g/mol. The lowest BCUT2D eigenvalue weighted by Gasteiger charge is -2.19. The van der Waals surface area contributed by atoms with Gasteiger partial charge in [-0.15, -0.1) is 0 Å². The fraction of sp³-hybridized carbons (Fsp3) is 0.588. The number of benzene rings is 1. The van der Waals surface area contributed by atoms with E-state index in [1.54, 1.807) is 0 Å². The third-order valence-electron chi connectivity index (χ3n) is 4.04.